The van der Waals surface area contributed by atoms with E-state index < -0.39 is 0 Å². The van der Waals surface area contributed by atoms with Crippen molar-refractivity contribution in [2.45, 2.75) is 46.1 Å². The van der Waals surface area contributed by atoms with Crippen LogP contribution in [0.15, 0.2) is 51.8 Å². The normalized spacial score (nSPS) is 11.3. The van der Waals surface area contributed by atoms with E-state index in [0.717, 1.165) is 45.1 Å². The summed E-state index contributed by atoms with van der Waals surface area (Å²) in [5.74, 6) is 1.42. The zero-order valence-corrected chi connectivity index (χ0v) is 20.0. The third-order valence-corrected chi connectivity index (χ3v) is 5.81. The van der Waals surface area contributed by atoms with Gasteiger partial charge in [0, 0.05) is 47.6 Å². The summed E-state index contributed by atoms with van der Waals surface area (Å²) in [6.07, 6.45) is 3.50. The third kappa shape index (κ3) is 5.25. The second-order valence-corrected chi connectivity index (χ2v) is 8.70. The molecule has 0 aliphatic rings. The molecular weight excluding hydrogens is 432 g/mol. The zero-order valence-electron chi connectivity index (χ0n) is 20.0. The molecule has 0 fully saturated rings. The number of hydrogen-bond acceptors (Lipinski definition) is 5. The molecule has 1 amide bonds. The average molecular weight is 463 g/mol. The number of amides is 1. The molecule has 2 aromatic heterocycles. The molecule has 4 rings (SSSR count). The smallest absolute Gasteiger partial charge is 0.336 e. The summed E-state index contributed by atoms with van der Waals surface area (Å²) >= 11 is 0. The first kappa shape index (κ1) is 23.4. The molecule has 0 radical (unpaired) electrons. The van der Waals surface area contributed by atoms with Crippen LogP contribution in [0.5, 0.6) is 11.5 Å². The molecule has 0 unspecified atom stereocenters. The van der Waals surface area contributed by atoms with E-state index in [9.17, 15) is 9.59 Å². The van der Waals surface area contributed by atoms with E-state index in [2.05, 4.69) is 10.3 Å². The first-order chi connectivity index (χ1) is 16.3. The number of carbonyl (C=O) groups excluding carboxylic acids is 1. The lowest BCUT2D eigenvalue weighted by molar-refractivity contribution is -0.121. The Balaban J connectivity index is 1.41. The molecular formula is C27H30N2O5. The fraction of sp³-hybridized carbons (Fsp3) is 0.333. The van der Waals surface area contributed by atoms with E-state index in [4.69, 9.17) is 13.9 Å². The van der Waals surface area contributed by atoms with E-state index in [0.29, 0.717) is 30.7 Å². The first-order valence-corrected chi connectivity index (χ1v) is 11.5. The number of carbonyl (C=O) groups is 1. The molecule has 4 aromatic rings. The minimum Gasteiger partial charge on any atom is -0.497 e. The molecule has 178 valence electrons. The van der Waals surface area contributed by atoms with Gasteiger partial charge in [-0.3, -0.25) is 4.79 Å². The van der Waals surface area contributed by atoms with Gasteiger partial charge in [-0.15, -0.1) is 0 Å². The molecule has 0 atom stereocenters. The van der Waals surface area contributed by atoms with Crippen molar-refractivity contribution < 1.29 is 18.7 Å². The van der Waals surface area contributed by atoms with Crippen molar-refractivity contribution >= 4 is 27.8 Å². The molecule has 0 aliphatic heterocycles. The summed E-state index contributed by atoms with van der Waals surface area (Å²) in [6.45, 7) is 6.29. The van der Waals surface area contributed by atoms with Gasteiger partial charge in [0.2, 0.25) is 5.91 Å². The lowest BCUT2D eigenvalue weighted by atomic mass is 10.0. The standard InChI is InChI=1S/C27H30N2O5/c1-16(2)33-24-14-25-21(17(3)11-27(31)34-25)12-18(24)5-8-26(30)28-10-9-19-15-29-23-7-6-20(32-4)13-22(19)23/h6-7,11-16,29H,5,8-10H2,1-4H3,(H,28,30). The van der Waals surface area contributed by atoms with Gasteiger partial charge in [-0.25, -0.2) is 4.79 Å². The number of aryl methyl sites for hydroxylation is 2. The van der Waals surface area contributed by atoms with Crippen LogP contribution < -0.4 is 20.4 Å². The highest BCUT2D eigenvalue weighted by molar-refractivity contribution is 5.85. The molecule has 2 aromatic carbocycles. The largest absolute Gasteiger partial charge is 0.497 e. The fourth-order valence-corrected chi connectivity index (χ4v) is 4.11. The number of aromatic nitrogens is 1. The number of rotatable bonds is 9. The van der Waals surface area contributed by atoms with Gasteiger partial charge < -0.3 is 24.2 Å². The molecule has 0 saturated heterocycles. The van der Waals surface area contributed by atoms with Crippen molar-refractivity contribution in [2.24, 2.45) is 0 Å². The number of ether oxygens (including phenoxy) is 2. The van der Waals surface area contributed by atoms with Crippen molar-refractivity contribution in [3.05, 3.63) is 69.7 Å². The van der Waals surface area contributed by atoms with Gasteiger partial charge in [-0.2, -0.15) is 0 Å². The van der Waals surface area contributed by atoms with Gasteiger partial charge in [0.25, 0.3) is 0 Å². The number of fused-ring (bicyclic) bond motifs is 2. The number of H-pyrrole nitrogens is 1. The van der Waals surface area contributed by atoms with Gasteiger partial charge in [0.15, 0.2) is 0 Å². The van der Waals surface area contributed by atoms with Crippen LogP contribution in [0.1, 0.15) is 37.0 Å². The summed E-state index contributed by atoms with van der Waals surface area (Å²) in [5, 5.41) is 4.96. The van der Waals surface area contributed by atoms with Crippen molar-refractivity contribution in [3.63, 3.8) is 0 Å². The monoisotopic (exact) mass is 462 g/mol. The first-order valence-electron chi connectivity index (χ1n) is 11.5. The van der Waals surface area contributed by atoms with Crippen molar-refractivity contribution in [1.82, 2.24) is 10.3 Å². The molecule has 7 nitrogen and oxygen atoms in total. The predicted molar refractivity (Wildman–Crippen MR) is 133 cm³/mol. The van der Waals surface area contributed by atoms with Crippen LogP contribution >= 0.6 is 0 Å². The van der Waals surface area contributed by atoms with Crippen molar-refractivity contribution in [1.29, 1.82) is 0 Å². The van der Waals surface area contributed by atoms with Gasteiger partial charge in [0.1, 0.15) is 17.1 Å². The summed E-state index contributed by atoms with van der Waals surface area (Å²) in [6, 6.07) is 11.1. The van der Waals surface area contributed by atoms with Gasteiger partial charge in [-0.05, 0) is 74.6 Å². The number of methoxy groups -OCH3 is 1. The number of hydrogen-bond donors (Lipinski definition) is 2. The molecule has 0 aliphatic carbocycles. The number of nitrogens with one attached hydrogen (secondary N) is 2. The Morgan fingerprint density at radius 2 is 1.91 bits per heavy atom. The Kier molecular flexibility index (Phi) is 6.91. The predicted octanol–water partition coefficient (Wildman–Crippen LogP) is 4.67. The van der Waals surface area contributed by atoms with Crippen molar-refractivity contribution in [3.8, 4) is 11.5 Å². The Morgan fingerprint density at radius 1 is 1.09 bits per heavy atom. The second-order valence-electron chi connectivity index (χ2n) is 8.70. The summed E-state index contributed by atoms with van der Waals surface area (Å²) < 4.78 is 16.6. The SMILES string of the molecule is COc1ccc2[nH]cc(CCNC(=O)CCc3cc4c(C)cc(=O)oc4cc3OC(C)C)c2c1. The van der Waals surface area contributed by atoms with Crippen LogP contribution in [-0.4, -0.2) is 30.6 Å². The average Bonchev–Trinajstić information content (AvgIpc) is 3.19. The molecule has 0 spiro atoms. The van der Waals surface area contributed by atoms with E-state index in [1.807, 2.05) is 51.2 Å². The van der Waals surface area contributed by atoms with E-state index in [1.54, 1.807) is 13.2 Å². The number of benzene rings is 2. The third-order valence-electron chi connectivity index (χ3n) is 5.81. The Labute approximate surface area is 198 Å². The van der Waals surface area contributed by atoms with Gasteiger partial charge >= 0.3 is 5.63 Å². The molecule has 34 heavy (non-hydrogen) atoms. The fourth-order valence-electron chi connectivity index (χ4n) is 4.11. The maximum absolute atomic E-state index is 12.6. The maximum Gasteiger partial charge on any atom is 0.336 e. The van der Waals surface area contributed by atoms with Crippen LogP contribution in [0, 0.1) is 6.92 Å². The Bertz CT molecular complexity index is 1380. The van der Waals surface area contributed by atoms with Crippen LogP contribution in [0.2, 0.25) is 0 Å². The highest BCUT2D eigenvalue weighted by atomic mass is 16.5. The Morgan fingerprint density at radius 3 is 2.68 bits per heavy atom. The highest BCUT2D eigenvalue weighted by Gasteiger charge is 2.14. The summed E-state index contributed by atoms with van der Waals surface area (Å²) in [7, 11) is 1.65. The zero-order chi connectivity index (χ0) is 24.2. The minimum absolute atomic E-state index is 0.0238. The van der Waals surface area contributed by atoms with E-state index >= 15 is 0 Å². The molecule has 7 heteroatoms. The van der Waals surface area contributed by atoms with Gasteiger partial charge in [0.05, 0.1) is 13.2 Å². The molecule has 0 bridgehead atoms. The second kappa shape index (κ2) is 10.0. The lowest BCUT2D eigenvalue weighted by Gasteiger charge is -2.16. The molecule has 2 N–H and O–H groups in total. The summed E-state index contributed by atoms with van der Waals surface area (Å²) in [4.78, 5) is 27.6. The summed E-state index contributed by atoms with van der Waals surface area (Å²) in [5.41, 5.74) is 4.03. The molecule has 2 heterocycles. The van der Waals surface area contributed by atoms with Crippen LogP contribution in [0.4, 0.5) is 0 Å². The minimum atomic E-state index is -0.388. The number of aromatic amines is 1. The van der Waals surface area contributed by atoms with Crippen LogP contribution in [0.3, 0.4) is 0 Å². The highest BCUT2D eigenvalue weighted by Crippen LogP contribution is 2.29. The van der Waals surface area contributed by atoms with Crippen LogP contribution in [0.25, 0.3) is 21.9 Å². The van der Waals surface area contributed by atoms with E-state index in [1.165, 1.54) is 6.07 Å². The lowest BCUT2D eigenvalue weighted by Crippen LogP contribution is -2.26. The van der Waals surface area contributed by atoms with Crippen LogP contribution in [-0.2, 0) is 17.6 Å². The topological polar surface area (TPSA) is 93.6 Å². The van der Waals surface area contributed by atoms with E-state index in [-0.39, 0.29) is 17.6 Å². The quantitative estimate of drug-likeness (QED) is 0.353. The maximum atomic E-state index is 12.6. The molecule has 0 saturated carbocycles. The van der Waals surface area contributed by atoms with Crippen molar-refractivity contribution in [2.75, 3.05) is 13.7 Å². The van der Waals surface area contributed by atoms with Gasteiger partial charge in [-0.1, -0.05) is 0 Å². The Hall–Kier alpha value is -3.74.